The maximum absolute atomic E-state index is 12.9. The van der Waals surface area contributed by atoms with Crippen molar-refractivity contribution in [2.45, 2.75) is 32.4 Å². The normalized spacial score (nSPS) is 16.0. The van der Waals surface area contributed by atoms with E-state index in [1.54, 1.807) is 12.1 Å². The van der Waals surface area contributed by atoms with Gasteiger partial charge in [-0.25, -0.2) is 0 Å². The van der Waals surface area contributed by atoms with Crippen molar-refractivity contribution in [3.8, 4) is 11.5 Å². The summed E-state index contributed by atoms with van der Waals surface area (Å²) < 4.78 is 0. The highest BCUT2D eigenvalue weighted by atomic mass is 16.3. The topological polar surface area (TPSA) is 72.8 Å². The SMILES string of the molecule is CC1c2cc(O)c(O)cc2CCN1Cc1ccccc1C(=O)NCCC=Cc1ccccc1. The number of benzene rings is 3. The summed E-state index contributed by atoms with van der Waals surface area (Å²) in [4.78, 5) is 15.2. The van der Waals surface area contributed by atoms with Crippen molar-refractivity contribution < 1.29 is 15.0 Å². The second-order valence-corrected chi connectivity index (χ2v) is 8.45. The van der Waals surface area contributed by atoms with Crippen molar-refractivity contribution in [2.75, 3.05) is 13.1 Å². The molecule has 4 rings (SSSR count). The molecular weight excluding hydrogens is 412 g/mol. The largest absolute Gasteiger partial charge is 0.504 e. The molecule has 0 aromatic heterocycles. The lowest BCUT2D eigenvalue weighted by molar-refractivity contribution is 0.0951. The lowest BCUT2D eigenvalue weighted by Crippen LogP contribution is -2.34. The number of aromatic hydroxyl groups is 2. The number of hydrogen-bond acceptors (Lipinski definition) is 4. The fourth-order valence-electron chi connectivity index (χ4n) is 4.36. The van der Waals surface area contributed by atoms with E-state index in [0.717, 1.165) is 41.6 Å². The molecule has 0 saturated carbocycles. The number of amides is 1. The van der Waals surface area contributed by atoms with Crippen LogP contribution in [0.5, 0.6) is 11.5 Å². The molecule has 0 bridgehead atoms. The number of rotatable bonds is 7. The lowest BCUT2D eigenvalue weighted by atomic mass is 9.92. The Morgan fingerprint density at radius 2 is 1.79 bits per heavy atom. The third-order valence-corrected chi connectivity index (χ3v) is 6.24. The van der Waals surface area contributed by atoms with E-state index in [4.69, 9.17) is 0 Å². The molecule has 0 aliphatic carbocycles. The monoisotopic (exact) mass is 442 g/mol. The van der Waals surface area contributed by atoms with Crippen molar-refractivity contribution in [2.24, 2.45) is 0 Å². The Kier molecular flexibility index (Phi) is 7.10. The quantitative estimate of drug-likeness (QED) is 0.354. The number of hydrogen-bond donors (Lipinski definition) is 3. The van der Waals surface area contributed by atoms with E-state index >= 15 is 0 Å². The number of nitrogens with zero attached hydrogens (tertiary/aromatic N) is 1. The molecule has 1 aliphatic heterocycles. The first-order valence-corrected chi connectivity index (χ1v) is 11.4. The van der Waals surface area contributed by atoms with E-state index in [1.165, 1.54) is 0 Å². The van der Waals surface area contributed by atoms with Crippen molar-refractivity contribution in [3.05, 3.63) is 101 Å². The highest BCUT2D eigenvalue weighted by Crippen LogP contribution is 2.37. The van der Waals surface area contributed by atoms with E-state index in [9.17, 15) is 15.0 Å². The summed E-state index contributed by atoms with van der Waals surface area (Å²) in [7, 11) is 0. The summed E-state index contributed by atoms with van der Waals surface area (Å²) >= 11 is 0. The molecule has 5 heteroatoms. The minimum atomic E-state index is -0.0939. The van der Waals surface area contributed by atoms with Gasteiger partial charge in [0, 0.05) is 31.2 Å². The standard InChI is InChI=1S/C28H30N2O3/c1-20-25-18-27(32)26(31)17-22(25)14-16-30(20)19-23-12-5-6-13-24(23)28(33)29-15-8-7-11-21-9-3-2-4-10-21/h2-7,9-13,17-18,20,31-32H,8,14-16,19H2,1H3,(H,29,33). The van der Waals surface area contributed by atoms with E-state index in [2.05, 4.69) is 41.4 Å². The zero-order valence-electron chi connectivity index (χ0n) is 18.9. The molecule has 3 N–H and O–H groups in total. The Labute approximate surface area is 195 Å². The summed E-state index contributed by atoms with van der Waals surface area (Å²) in [5.74, 6) is -0.232. The van der Waals surface area contributed by atoms with Crippen molar-refractivity contribution in [1.82, 2.24) is 10.2 Å². The number of carbonyl (C=O) groups is 1. The fourth-order valence-corrected chi connectivity index (χ4v) is 4.36. The van der Waals surface area contributed by atoms with Crippen LogP contribution in [0.4, 0.5) is 0 Å². The van der Waals surface area contributed by atoms with Gasteiger partial charge in [-0.05, 0) is 60.2 Å². The summed E-state index contributed by atoms with van der Waals surface area (Å²) in [5, 5.41) is 22.8. The van der Waals surface area contributed by atoms with Crippen LogP contribution in [-0.4, -0.2) is 34.1 Å². The van der Waals surface area contributed by atoms with Crippen LogP contribution in [0.25, 0.3) is 6.08 Å². The Hall–Kier alpha value is -3.57. The molecule has 33 heavy (non-hydrogen) atoms. The van der Waals surface area contributed by atoms with Gasteiger partial charge < -0.3 is 15.5 Å². The van der Waals surface area contributed by atoms with Crippen molar-refractivity contribution in [1.29, 1.82) is 0 Å². The summed E-state index contributed by atoms with van der Waals surface area (Å²) in [6.07, 6.45) is 5.68. The number of phenols is 2. The summed E-state index contributed by atoms with van der Waals surface area (Å²) in [5.41, 5.74) is 4.89. The van der Waals surface area contributed by atoms with Crippen LogP contribution < -0.4 is 5.32 Å². The van der Waals surface area contributed by atoms with Gasteiger partial charge in [0.2, 0.25) is 0 Å². The smallest absolute Gasteiger partial charge is 0.251 e. The first-order valence-electron chi connectivity index (χ1n) is 11.4. The molecule has 0 fully saturated rings. The van der Waals surface area contributed by atoms with Crippen LogP contribution in [0.3, 0.4) is 0 Å². The average molecular weight is 443 g/mol. The van der Waals surface area contributed by atoms with Gasteiger partial charge >= 0.3 is 0 Å². The second-order valence-electron chi connectivity index (χ2n) is 8.45. The van der Waals surface area contributed by atoms with Gasteiger partial charge in [-0.3, -0.25) is 9.69 Å². The zero-order chi connectivity index (χ0) is 23.2. The van der Waals surface area contributed by atoms with Gasteiger partial charge in [0.25, 0.3) is 5.91 Å². The molecule has 0 saturated heterocycles. The first kappa shape index (κ1) is 22.6. The molecule has 1 unspecified atom stereocenters. The van der Waals surface area contributed by atoms with Crippen LogP contribution in [0.1, 0.15) is 52.0 Å². The van der Waals surface area contributed by atoms with Crippen LogP contribution in [0, 0.1) is 0 Å². The van der Waals surface area contributed by atoms with Gasteiger partial charge in [0.15, 0.2) is 11.5 Å². The highest BCUT2D eigenvalue weighted by molar-refractivity contribution is 5.95. The maximum Gasteiger partial charge on any atom is 0.251 e. The van der Waals surface area contributed by atoms with Crippen molar-refractivity contribution in [3.63, 3.8) is 0 Å². The number of fused-ring (bicyclic) bond motifs is 1. The third-order valence-electron chi connectivity index (χ3n) is 6.24. The second kappa shape index (κ2) is 10.4. The third kappa shape index (κ3) is 5.44. The van der Waals surface area contributed by atoms with Crippen LogP contribution in [-0.2, 0) is 13.0 Å². The molecule has 0 radical (unpaired) electrons. The fraction of sp³-hybridized carbons (Fsp3) is 0.250. The Morgan fingerprint density at radius 1 is 1.06 bits per heavy atom. The number of phenolic OH excluding ortho intramolecular Hbond substituents is 2. The average Bonchev–Trinajstić information content (AvgIpc) is 2.83. The van der Waals surface area contributed by atoms with Crippen molar-refractivity contribution >= 4 is 12.0 Å². The van der Waals surface area contributed by atoms with Crippen LogP contribution >= 0.6 is 0 Å². The van der Waals surface area contributed by atoms with Crippen LogP contribution in [0.2, 0.25) is 0 Å². The van der Waals surface area contributed by atoms with E-state index < -0.39 is 0 Å². The predicted molar refractivity (Wildman–Crippen MR) is 131 cm³/mol. The first-order chi connectivity index (χ1) is 16.0. The van der Waals surface area contributed by atoms with Gasteiger partial charge in [-0.1, -0.05) is 60.7 Å². The van der Waals surface area contributed by atoms with E-state index in [0.29, 0.717) is 18.7 Å². The van der Waals surface area contributed by atoms with E-state index in [1.807, 2.05) is 42.5 Å². The molecule has 1 aliphatic rings. The number of carbonyl (C=O) groups excluding carboxylic acids is 1. The van der Waals surface area contributed by atoms with E-state index in [-0.39, 0.29) is 23.4 Å². The summed E-state index contributed by atoms with van der Waals surface area (Å²) in [6, 6.07) is 21.2. The minimum absolute atomic E-state index is 0.0636. The Bertz CT molecular complexity index is 1140. The van der Waals surface area contributed by atoms with Crippen LogP contribution in [0.15, 0.2) is 72.8 Å². The molecule has 1 heterocycles. The Morgan fingerprint density at radius 3 is 2.61 bits per heavy atom. The predicted octanol–water partition coefficient (Wildman–Crippen LogP) is 5.05. The molecule has 3 aromatic rings. The van der Waals surface area contributed by atoms with Gasteiger partial charge in [-0.15, -0.1) is 0 Å². The Balaban J connectivity index is 1.38. The molecule has 1 amide bonds. The molecule has 3 aromatic carbocycles. The summed E-state index contributed by atoms with van der Waals surface area (Å²) in [6.45, 7) is 4.13. The molecule has 0 spiro atoms. The molecule has 5 nitrogen and oxygen atoms in total. The van der Waals surface area contributed by atoms with Gasteiger partial charge in [0.05, 0.1) is 0 Å². The zero-order valence-corrected chi connectivity index (χ0v) is 18.9. The molecule has 170 valence electrons. The lowest BCUT2D eigenvalue weighted by Gasteiger charge is -2.35. The molecule has 1 atom stereocenters. The van der Waals surface area contributed by atoms with Gasteiger partial charge in [0.1, 0.15) is 0 Å². The minimum Gasteiger partial charge on any atom is -0.504 e. The van der Waals surface area contributed by atoms with Gasteiger partial charge in [-0.2, -0.15) is 0 Å². The maximum atomic E-state index is 12.9. The molecular formula is C28H30N2O3. The highest BCUT2D eigenvalue weighted by Gasteiger charge is 2.26. The number of nitrogens with one attached hydrogen (secondary N) is 1.